The molecule has 0 bridgehead atoms. The zero-order valence-corrected chi connectivity index (χ0v) is 30.9. The number of benzene rings is 6. The maximum Gasteiger partial charge on any atom is 0.202 e. The second kappa shape index (κ2) is 16.2. The molecule has 9 heteroatoms. The van der Waals surface area contributed by atoms with Crippen molar-refractivity contribution in [1.82, 2.24) is 0 Å². The van der Waals surface area contributed by atoms with Crippen molar-refractivity contribution in [1.29, 1.82) is 0 Å². The number of rotatable bonds is 12. The van der Waals surface area contributed by atoms with Crippen LogP contribution in [0.5, 0.6) is 11.5 Å². The third-order valence-corrected chi connectivity index (χ3v) is 10.6. The van der Waals surface area contributed by atoms with Crippen molar-refractivity contribution in [3.8, 4) is 11.5 Å². The average Bonchev–Trinajstić information content (AvgIpc) is 3.22. The molecule has 6 aromatic rings. The number of hydrogen-bond donors (Lipinski definition) is 1. The van der Waals surface area contributed by atoms with E-state index in [1.54, 1.807) is 12.1 Å². The second-order valence-corrected chi connectivity index (χ2v) is 14.1. The molecule has 6 aromatic carbocycles. The van der Waals surface area contributed by atoms with Crippen molar-refractivity contribution in [3.05, 3.63) is 177 Å². The lowest BCUT2D eigenvalue weighted by atomic mass is 9.78. The van der Waals surface area contributed by atoms with E-state index in [4.69, 9.17) is 35.3 Å². The lowest BCUT2D eigenvalue weighted by molar-refractivity contribution is -0.222. The number of halogens is 1. The first-order valence-corrected chi connectivity index (χ1v) is 18.6. The quantitative estimate of drug-likeness (QED) is 0.132. The molecule has 4 unspecified atom stereocenters. The summed E-state index contributed by atoms with van der Waals surface area (Å²) in [6.45, 7) is 1.12. The number of ketones is 2. The standard InChI is InChI=1S/C46H39ClO8/c1-51-45-34(47)22-21-33-40(45)44(50)41-39(42(33)48)32-20-12-11-19-31(32)38(43(41)49)35-23-36(53-25-29-15-7-3-8-16-29)46(54-26-30-17-9-4-10-18-30)37(55-35)27-52-24-28-13-5-2-6-14-28/h2-22,35-37,46,49H,23-27H2,1H3. The maximum absolute atomic E-state index is 14.5. The Labute approximate surface area is 324 Å². The van der Waals surface area contributed by atoms with Crippen LogP contribution in [-0.4, -0.2) is 48.7 Å². The molecule has 1 N–H and O–H groups in total. The van der Waals surface area contributed by atoms with Crippen LogP contribution in [0.25, 0.3) is 10.8 Å². The monoisotopic (exact) mass is 754 g/mol. The van der Waals surface area contributed by atoms with E-state index < -0.39 is 36.0 Å². The molecule has 8 rings (SSSR count). The number of methoxy groups -OCH3 is 1. The lowest BCUT2D eigenvalue weighted by Gasteiger charge is -2.42. The maximum atomic E-state index is 14.5. The van der Waals surface area contributed by atoms with E-state index in [9.17, 15) is 14.7 Å². The number of carbonyl (C=O) groups excluding carboxylic acids is 2. The Hall–Kier alpha value is -5.35. The van der Waals surface area contributed by atoms with Gasteiger partial charge in [-0.1, -0.05) is 127 Å². The third-order valence-electron chi connectivity index (χ3n) is 10.3. The van der Waals surface area contributed by atoms with Gasteiger partial charge in [0.2, 0.25) is 5.78 Å². The molecule has 4 atom stereocenters. The van der Waals surface area contributed by atoms with Gasteiger partial charge in [-0.3, -0.25) is 9.59 Å². The van der Waals surface area contributed by atoms with Crippen molar-refractivity contribution in [3.63, 3.8) is 0 Å². The van der Waals surface area contributed by atoms with E-state index in [-0.39, 0.29) is 51.8 Å². The molecule has 8 nitrogen and oxygen atoms in total. The van der Waals surface area contributed by atoms with E-state index in [1.807, 2.05) is 103 Å². The van der Waals surface area contributed by atoms with Gasteiger partial charge in [-0.15, -0.1) is 0 Å². The van der Waals surface area contributed by atoms with Gasteiger partial charge in [0, 0.05) is 23.1 Å². The molecule has 1 heterocycles. The van der Waals surface area contributed by atoms with Crippen LogP contribution >= 0.6 is 11.6 Å². The van der Waals surface area contributed by atoms with Gasteiger partial charge in [-0.25, -0.2) is 0 Å². The van der Waals surface area contributed by atoms with Gasteiger partial charge in [-0.05, 0) is 39.6 Å². The summed E-state index contributed by atoms with van der Waals surface area (Å²) in [5.74, 6) is -1.23. The Bertz CT molecular complexity index is 2330. The van der Waals surface area contributed by atoms with Crippen LogP contribution in [0, 0.1) is 0 Å². The zero-order valence-electron chi connectivity index (χ0n) is 30.2. The number of hydrogen-bond acceptors (Lipinski definition) is 8. The van der Waals surface area contributed by atoms with E-state index >= 15 is 0 Å². The number of carbonyl (C=O) groups is 2. The van der Waals surface area contributed by atoms with E-state index in [2.05, 4.69) is 0 Å². The fraction of sp³-hybridized carbons (Fsp3) is 0.217. The van der Waals surface area contributed by atoms with Gasteiger partial charge in [0.05, 0.1) is 61.9 Å². The number of aromatic hydroxyl groups is 1. The van der Waals surface area contributed by atoms with Crippen LogP contribution in [0.3, 0.4) is 0 Å². The molecule has 1 aliphatic carbocycles. The molecular weight excluding hydrogens is 716 g/mol. The van der Waals surface area contributed by atoms with Crippen molar-refractivity contribution in [2.45, 2.75) is 50.7 Å². The highest BCUT2D eigenvalue weighted by molar-refractivity contribution is 6.37. The molecule has 2 aliphatic rings. The van der Waals surface area contributed by atoms with Gasteiger partial charge in [-0.2, -0.15) is 0 Å². The van der Waals surface area contributed by atoms with Gasteiger partial charge < -0.3 is 28.8 Å². The number of ether oxygens (including phenoxy) is 5. The zero-order chi connectivity index (χ0) is 37.9. The van der Waals surface area contributed by atoms with Crippen LogP contribution in [-0.2, 0) is 38.8 Å². The predicted molar refractivity (Wildman–Crippen MR) is 209 cm³/mol. The van der Waals surface area contributed by atoms with E-state index in [1.165, 1.54) is 19.2 Å². The Morgan fingerprint density at radius 3 is 1.89 bits per heavy atom. The van der Waals surface area contributed by atoms with E-state index in [0.29, 0.717) is 36.2 Å². The first-order chi connectivity index (χ1) is 26.9. The molecule has 0 amide bonds. The molecule has 0 radical (unpaired) electrons. The summed E-state index contributed by atoms with van der Waals surface area (Å²) in [4.78, 5) is 28.7. The molecule has 55 heavy (non-hydrogen) atoms. The number of fused-ring (bicyclic) bond motifs is 4. The van der Waals surface area contributed by atoms with Crippen LogP contribution in [0.1, 0.15) is 66.6 Å². The number of phenolic OH excluding ortho intramolecular Hbond substituents is 1. The topological polar surface area (TPSA) is 101 Å². The summed E-state index contributed by atoms with van der Waals surface area (Å²) in [6.07, 6.45) is -2.27. The van der Waals surface area contributed by atoms with Crippen molar-refractivity contribution in [2.75, 3.05) is 13.7 Å². The van der Waals surface area contributed by atoms with Crippen LogP contribution < -0.4 is 4.74 Å². The van der Waals surface area contributed by atoms with Gasteiger partial charge in [0.15, 0.2) is 5.78 Å². The smallest absolute Gasteiger partial charge is 0.202 e. The summed E-state index contributed by atoms with van der Waals surface area (Å²) in [6, 6.07) is 40.0. The molecule has 1 aliphatic heterocycles. The lowest BCUT2D eigenvalue weighted by Crippen LogP contribution is -2.50. The van der Waals surface area contributed by atoms with Gasteiger partial charge in [0.25, 0.3) is 0 Å². The predicted octanol–water partition coefficient (Wildman–Crippen LogP) is 9.20. The molecule has 0 aromatic heterocycles. The second-order valence-electron chi connectivity index (χ2n) is 13.7. The number of phenols is 1. The summed E-state index contributed by atoms with van der Waals surface area (Å²) < 4.78 is 32.1. The molecule has 0 saturated carbocycles. The average molecular weight is 755 g/mol. The Balaban J connectivity index is 1.22. The summed E-state index contributed by atoms with van der Waals surface area (Å²) in [5, 5.41) is 13.6. The summed E-state index contributed by atoms with van der Waals surface area (Å²) in [7, 11) is 1.39. The van der Waals surface area contributed by atoms with Crippen molar-refractivity contribution >= 4 is 33.9 Å². The fourth-order valence-corrected chi connectivity index (χ4v) is 7.94. The Morgan fingerprint density at radius 2 is 1.25 bits per heavy atom. The molecule has 278 valence electrons. The molecule has 0 spiro atoms. The molecule has 1 fully saturated rings. The normalized spacial score (nSPS) is 19.2. The first kappa shape index (κ1) is 36.6. The molecule has 1 saturated heterocycles. The fourth-order valence-electron chi connectivity index (χ4n) is 7.70. The van der Waals surface area contributed by atoms with Crippen molar-refractivity contribution in [2.24, 2.45) is 0 Å². The third kappa shape index (κ3) is 7.27. The van der Waals surface area contributed by atoms with Crippen LogP contribution in [0.15, 0.2) is 127 Å². The minimum atomic E-state index is -0.788. The molecular formula is C46H39ClO8. The van der Waals surface area contributed by atoms with Crippen molar-refractivity contribution < 1.29 is 38.4 Å². The summed E-state index contributed by atoms with van der Waals surface area (Å²) in [5.41, 5.74) is 3.55. The highest BCUT2D eigenvalue weighted by atomic mass is 35.5. The van der Waals surface area contributed by atoms with E-state index in [0.717, 1.165) is 16.7 Å². The minimum Gasteiger partial charge on any atom is -0.507 e. The van der Waals surface area contributed by atoms with Crippen LogP contribution in [0.4, 0.5) is 0 Å². The van der Waals surface area contributed by atoms with Crippen LogP contribution in [0.2, 0.25) is 5.02 Å². The van der Waals surface area contributed by atoms with Gasteiger partial charge in [0.1, 0.15) is 23.7 Å². The van der Waals surface area contributed by atoms with Gasteiger partial charge >= 0.3 is 0 Å². The largest absolute Gasteiger partial charge is 0.507 e. The highest BCUT2D eigenvalue weighted by Gasteiger charge is 2.45. The first-order valence-electron chi connectivity index (χ1n) is 18.2. The SMILES string of the molecule is COc1c(Cl)ccc2c1C(=O)c1c(O)c(C3CC(OCc4ccccc4)C(OCc4ccccc4)C(COCc4ccccc4)O3)c3ccccc3c1C2=O. The Kier molecular flexibility index (Phi) is 10.8. The Morgan fingerprint density at radius 1 is 0.673 bits per heavy atom. The summed E-state index contributed by atoms with van der Waals surface area (Å²) >= 11 is 6.45. The minimum absolute atomic E-state index is 0.0132. The highest BCUT2D eigenvalue weighted by Crippen LogP contribution is 2.49.